The molecule has 5 unspecified atom stereocenters. The van der Waals surface area contributed by atoms with Gasteiger partial charge < -0.3 is 20.5 Å². The lowest BCUT2D eigenvalue weighted by molar-refractivity contribution is -0.172. The van der Waals surface area contributed by atoms with Crippen LogP contribution in [-0.4, -0.2) is 53.4 Å². The highest BCUT2D eigenvalue weighted by Crippen LogP contribution is 2.35. The Labute approximate surface area is 127 Å². The van der Waals surface area contributed by atoms with Gasteiger partial charge in [-0.05, 0) is 38.5 Å². The average molecular weight is 298 g/mol. The van der Waals surface area contributed by atoms with Gasteiger partial charge >= 0.3 is 0 Å². The van der Waals surface area contributed by atoms with Gasteiger partial charge in [-0.3, -0.25) is 4.79 Å². The monoisotopic (exact) mass is 298 g/mol. The first-order valence-corrected chi connectivity index (χ1v) is 8.06. The second-order valence-electron chi connectivity index (χ2n) is 7.60. The van der Waals surface area contributed by atoms with Crippen molar-refractivity contribution >= 4 is 5.91 Å². The summed E-state index contributed by atoms with van der Waals surface area (Å²) in [5.41, 5.74) is 5.76. The Morgan fingerprint density at radius 2 is 2.00 bits per heavy atom. The number of carbonyl (C=O) groups excluding carboxylic acids is 1. The van der Waals surface area contributed by atoms with Gasteiger partial charge in [-0.15, -0.1) is 0 Å². The number of aliphatic hydroxyl groups is 1. The number of rotatable bonds is 2. The lowest BCUT2D eigenvalue weighted by atomic mass is 9.72. The Hall–Kier alpha value is -0.650. The summed E-state index contributed by atoms with van der Waals surface area (Å²) in [6.07, 6.45) is 1.49. The van der Waals surface area contributed by atoms with Crippen molar-refractivity contribution in [3.63, 3.8) is 0 Å². The number of morpholine rings is 1. The van der Waals surface area contributed by atoms with Gasteiger partial charge in [0.05, 0.1) is 18.3 Å². The van der Waals surface area contributed by atoms with E-state index in [4.69, 9.17) is 10.5 Å². The molecule has 1 saturated carbocycles. The fourth-order valence-electron chi connectivity index (χ4n) is 3.82. The van der Waals surface area contributed by atoms with E-state index in [-0.39, 0.29) is 30.6 Å². The highest BCUT2D eigenvalue weighted by atomic mass is 16.5. The molecule has 21 heavy (non-hydrogen) atoms. The predicted molar refractivity (Wildman–Crippen MR) is 81.6 cm³/mol. The minimum Gasteiger partial charge on any atom is -0.394 e. The molecule has 122 valence electrons. The molecule has 1 saturated heterocycles. The Kier molecular flexibility index (Phi) is 4.96. The van der Waals surface area contributed by atoms with E-state index in [1.165, 1.54) is 0 Å². The minimum atomic E-state index is -0.408. The number of amides is 1. The van der Waals surface area contributed by atoms with Crippen LogP contribution in [0.2, 0.25) is 0 Å². The molecular weight excluding hydrogens is 268 g/mol. The maximum absolute atomic E-state index is 12.9. The Bertz CT molecular complexity index is 386. The van der Waals surface area contributed by atoms with E-state index in [9.17, 15) is 9.90 Å². The molecule has 2 rings (SSSR count). The Morgan fingerprint density at radius 1 is 1.33 bits per heavy atom. The normalized spacial score (nSPS) is 40.1. The van der Waals surface area contributed by atoms with Crippen molar-refractivity contribution in [2.45, 2.75) is 58.3 Å². The molecule has 1 aliphatic heterocycles. The van der Waals surface area contributed by atoms with Gasteiger partial charge in [0.1, 0.15) is 0 Å². The molecule has 0 radical (unpaired) electrons. The third-order valence-corrected chi connectivity index (χ3v) is 5.00. The van der Waals surface area contributed by atoms with Gasteiger partial charge in [-0.1, -0.05) is 13.8 Å². The summed E-state index contributed by atoms with van der Waals surface area (Å²) in [5, 5.41) is 9.38. The van der Waals surface area contributed by atoms with Crippen LogP contribution in [0.5, 0.6) is 0 Å². The van der Waals surface area contributed by atoms with Crippen molar-refractivity contribution in [1.82, 2.24) is 4.90 Å². The van der Waals surface area contributed by atoms with Crippen LogP contribution in [0.25, 0.3) is 0 Å². The van der Waals surface area contributed by atoms with E-state index in [2.05, 4.69) is 13.8 Å². The van der Waals surface area contributed by atoms with E-state index in [0.29, 0.717) is 24.9 Å². The van der Waals surface area contributed by atoms with Crippen molar-refractivity contribution in [3.05, 3.63) is 0 Å². The van der Waals surface area contributed by atoms with Crippen molar-refractivity contribution in [2.24, 2.45) is 23.5 Å². The molecule has 5 atom stereocenters. The van der Waals surface area contributed by atoms with Gasteiger partial charge in [0, 0.05) is 25.0 Å². The van der Waals surface area contributed by atoms with Gasteiger partial charge in [0.25, 0.3) is 0 Å². The lowest BCUT2D eigenvalue weighted by Gasteiger charge is -2.45. The number of nitrogens with zero attached hydrogens (tertiary/aromatic N) is 1. The predicted octanol–water partition coefficient (Wildman–Crippen LogP) is 0.994. The summed E-state index contributed by atoms with van der Waals surface area (Å²) >= 11 is 0. The smallest absolute Gasteiger partial charge is 0.226 e. The number of hydrogen-bond acceptors (Lipinski definition) is 4. The van der Waals surface area contributed by atoms with Gasteiger partial charge in [0.15, 0.2) is 0 Å². The summed E-state index contributed by atoms with van der Waals surface area (Å²) < 4.78 is 5.79. The maximum atomic E-state index is 12.9. The molecule has 0 aromatic carbocycles. The van der Waals surface area contributed by atoms with Crippen LogP contribution in [0.1, 0.15) is 40.5 Å². The first-order valence-electron chi connectivity index (χ1n) is 8.06. The van der Waals surface area contributed by atoms with E-state index >= 15 is 0 Å². The fraction of sp³-hybridized carbons (Fsp3) is 0.938. The SMILES string of the molecule is CC1CC(C)C(C(=O)N2CC(CO)OC(C)(C)C2)CC1N. The number of hydrogen-bond donors (Lipinski definition) is 2. The van der Waals surface area contributed by atoms with Crippen LogP contribution in [0.15, 0.2) is 0 Å². The first kappa shape index (κ1) is 16.7. The van der Waals surface area contributed by atoms with Crippen LogP contribution in [0, 0.1) is 17.8 Å². The third kappa shape index (κ3) is 3.76. The summed E-state index contributed by atoms with van der Waals surface area (Å²) in [6.45, 7) is 9.26. The molecule has 1 aliphatic carbocycles. The zero-order chi connectivity index (χ0) is 15.8. The molecule has 0 bridgehead atoms. The molecule has 5 heteroatoms. The van der Waals surface area contributed by atoms with Crippen molar-refractivity contribution < 1.29 is 14.6 Å². The number of aliphatic hydroxyl groups excluding tert-OH is 1. The van der Waals surface area contributed by atoms with Gasteiger partial charge in [0.2, 0.25) is 5.91 Å². The van der Waals surface area contributed by atoms with E-state index in [1.54, 1.807) is 0 Å². The second-order valence-corrected chi connectivity index (χ2v) is 7.60. The van der Waals surface area contributed by atoms with Crippen LogP contribution in [0.3, 0.4) is 0 Å². The minimum absolute atomic E-state index is 0.00411. The molecule has 0 aromatic heterocycles. The van der Waals surface area contributed by atoms with Crippen molar-refractivity contribution in [3.8, 4) is 0 Å². The van der Waals surface area contributed by atoms with Gasteiger partial charge in [-0.25, -0.2) is 0 Å². The quantitative estimate of drug-likeness (QED) is 0.797. The molecular formula is C16H30N2O3. The lowest BCUT2D eigenvalue weighted by Crippen LogP contribution is -2.58. The first-order chi connectivity index (χ1) is 9.73. The molecule has 0 spiro atoms. The van der Waals surface area contributed by atoms with E-state index in [1.807, 2.05) is 18.7 Å². The number of carbonyl (C=O) groups is 1. The highest BCUT2D eigenvalue weighted by Gasteiger charge is 2.41. The zero-order valence-electron chi connectivity index (χ0n) is 13.7. The van der Waals surface area contributed by atoms with Crippen LogP contribution in [-0.2, 0) is 9.53 Å². The van der Waals surface area contributed by atoms with Gasteiger partial charge in [-0.2, -0.15) is 0 Å². The standard InChI is InChI=1S/C16H30N2O3/c1-10-5-11(2)14(17)6-13(10)15(20)18-7-12(8-19)21-16(3,4)9-18/h10-14,19H,5-9,17H2,1-4H3. The zero-order valence-corrected chi connectivity index (χ0v) is 13.7. The summed E-state index contributed by atoms with van der Waals surface area (Å²) in [6, 6.07) is 0.109. The fourth-order valence-corrected chi connectivity index (χ4v) is 3.82. The molecule has 3 N–H and O–H groups in total. The molecule has 1 amide bonds. The third-order valence-electron chi connectivity index (χ3n) is 5.00. The summed E-state index contributed by atoms with van der Waals surface area (Å²) in [7, 11) is 0. The van der Waals surface area contributed by atoms with Crippen LogP contribution >= 0.6 is 0 Å². The number of nitrogens with two attached hydrogens (primary N) is 1. The van der Waals surface area contributed by atoms with Crippen molar-refractivity contribution in [1.29, 1.82) is 0 Å². The average Bonchev–Trinajstić information content (AvgIpc) is 2.40. The van der Waals surface area contributed by atoms with E-state index in [0.717, 1.165) is 12.8 Å². The number of ether oxygens (including phenoxy) is 1. The molecule has 5 nitrogen and oxygen atoms in total. The molecule has 1 heterocycles. The Morgan fingerprint density at radius 3 is 2.62 bits per heavy atom. The van der Waals surface area contributed by atoms with E-state index < -0.39 is 5.60 Å². The maximum Gasteiger partial charge on any atom is 0.226 e. The van der Waals surface area contributed by atoms with Crippen LogP contribution in [0.4, 0.5) is 0 Å². The molecule has 0 aromatic rings. The second kappa shape index (κ2) is 6.23. The topological polar surface area (TPSA) is 75.8 Å². The van der Waals surface area contributed by atoms with Crippen LogP contribution < -0.4 is 5.73 Å². The molecule has 2 fully saturated rings. The summed E-state index contributed by atoms with van der Waals surface area (Å²) in [5.74, 6) is 1.03. The molecule has 2 aliphatic rings. The highest BCUT2D eigenvalue weighted by molar-refractivity contribution is 5.79. The van der Waals surface area contributed by atoms with Crippen molar-refractivity contribution in [2.75, 3.05) is 19.7 Å². The Balaban J connectivity index is 2.08. The summed E-state index contributed by atoms with van der Waals surface area (Å²) in [4.78, 5) is 14.8. The largest absolute Gasteiger partial charge is 0.394 e.